The molecule has 0 bridgehead atoms. The van der Waals surface area contributed by atoms with Crippen molar-refractivity contribution < 1.29 is 4.79 Å². The van der Waals surface area contributed by atoms with Crippen molar-refractivity contribution in [1.82, 2.24) is 4.98 Å². The topological polar surface area (TPSA) is 68.0 Å². The molecule has 0 aliphatic rings. The summed E-state index contributed by atoms with van der Waals surface area (Å²) in [6.45, 7) is 0. The fourth-order valence-electron chi connectivity index (χ4n) is 1.14. The summed E-state index contributed by atoms with van der Waals surface area (Å²) in [5.74, 6) is -0.164. The quantitative estimate of drug-likeness (QED) is 0.759. The highest BCUT2D eigenvalue weighted by Gasteiger charge is 2.06. The summed E-state index contributed by atoms with van der Waals surface area (Å²) >= 11 is 1.30. The molecule has 0 spiro atoms. The Morgan fingerprint density at radius 3 is 3.00 bits per heavy atom. The molecule has 0 radical (unpaired) electrons. The van der Waals surface area contributed by atoms with Gasteiger partial charge in [0.1, 0.15) is 4.88 Å². The number of aromatic nitrogens is 1. The van der Waals surface area contributed by atoms with E-state index in [9.17, 15) is 4.79 Å². The molecule has 4 nitrogen and oxygen atoms in total. The molecule has 1 aromatic heterocycles. The van der Waals surface area contributed by atoms with Crippen LogP contribution >= 0.6 is 11.3 Å². The Morgan fingerprint density at radius 1 is 1.47 bits per heavy atom. The van der Waals surface area contributed by atoms with E-state index in [2.05, 4.69) is 10.3 Å². The maximum Gasteiger partial charge on any atom is 0.267 e. The number of carbonyl (C=O) groups excluding carboxylic acids is 1. The number of benzene rings is 1. The number of nitrogen functional groups attached to an aromatic ring is 1. The predicted molar refractivity (Wildman–Crippen MR) is 60.9 cm³/mol. The predicted octanol–water partition coefficient (Wildman–Crippen LogP) is 1.98. The molecule has 76 valence electrons. The zero-order valence-electron chi connectivity index (χ0n) is 7.81. The normalized spacial score (nSPS) is 9.87. The molecule has 1 aromatic carbocycles. The second kappa shape index (κ2) is 4.10. The first-order valence-corrected chi connectivity index (χ1v) is 5.19. The number of thiazole rings is 1. The Kier molecular flexibility index (Phi) is 2.64. The number of amides is 1. The highest BCUT2D eigenvalue weighted by Crippen LogP contribution is 2.14. The second-order valence-corrected chi connectivity index (χ2v) is 3.83. The SMILES string of the molecule is Nc1cccc(NC(=O)c2cncs2)c1. The maximum absolute atomic E-state index is 11.6. The lowest BCUT2D eigenvalue weighted by Gasteiger charge is -2.03. The first kappa shape index (κ1) is 9.67. The molecule has 0 aliphatic heterocycles. The van der Waals surface area contributed by atoms with Crippen LogP contribution in [0, 0.1) is 0 Å². The summed E-state index contributed by atoms with van der Waals surface area (Å²) in [4.78, 5) is 16.0. The molecule has 15 heavy (non-hydrogen) atoms. The Hall–Kier alpha value is -1.88. The largest absolute Gasteiger partial charge is 0.399 e. The van der Waals surface area contributed by atoms with Gasteiger partial charge in [0.15, 0.2) is 0 Å². The summed E-state index contributed by atoms with van der Waals surface area (Å²) in [6.07, 6.45) is 1.53. The second-order valence-electron chi connectivity index (χ2n) is 2.95. The Balaban J connectivity index is 2.13. The third-order valence-electron chi connectivity index (χ3n) is 1.80. The molecular formula is C10H9N3OS. The summed E-state index contributed by atoms with van der Waals surface area (Å²) in [6, 6.07) is 7.05. The van der Waals surface area contributed by atoms with Gasteiger partial charge in [0.25, 0.3) is 5.91 Å². The first-order chi connectivity index (χ1) is 7.25. The van der Waals surface area contributed by atoms with E-state index >= 15 is 0 Å². The van der Waals surface area contributed by atoms with Crippen LogP contribution in [0.3, 0.4) is 0 Å². The van der Waals surface area contributed by atoms with Crippen LogP contribution in [0.5, 0.6) is 0 Å². The Bertz CT molecular complexity index is 467. The lowest BCUT2D eigenvalue weighted by Crippen LogP contribution is -2.10. The average molecular weight is 219 g/mol. The van der Waals surface area contributed by atoms with Crippen molar-refractivity contribution in [3.63, 3.8) is 0 Å². The van der Waals surface area contributed by atoms with Gasteiger partial charge in [0.05, 0.1) is 11.7 Å². The van der Waals surface area contributed by atoms with Crippen molar-refractivity contribution in [2.45, 2.75) is 0 Å². The van der Waals surface area contributed by atoms with E-state index in [1.54, 1.807) is 29.8 Å². The van der Waals surface area contributed by atoms with Crippen LogP contribution < -0.4 is 11.1 Å². The monoisotopic (exact) mass is 219 g/mol. The van der Waals surface area contributed by atoms with Gasteiger partial charge in [-0.2, -0.15) is 0 Å². The highest BCUT2D eigenvalue weighted by molar-refractivity contribution is 7.11. The van der Waals surface area contributed by atoms with Crippen LogP contribution in [-0.2, 0) is 0 Å². The number of hydrogen-bond acceptors (Lipinski definition) is 4. The first-order valence-electron chi connectivity index (χ1n) is 4.31. The van der Waals surface area contributed by atoms with E-state index in [4.69, 9.17) is 5.73 Å². The van der Waals surface area contributed by atoms with Gasteiger partial charge >= 0.3 is 0 Å². The zero-order chi connectivity index (χ0) is 10.7. The van der Waals surface area contributed by atoms with Gasteiger partial charge in [-0.25, -0.2) is 0 Å². The molecular weight excluding hydrogens is 210 g/mol. The van der Waals surface area contributed by atoms with E-state index in [1.165, 1.54) is 17.5 Å². The van der Waals surface area contributed by atoms with Gasteiger partial charge < -0.3 is 11.1 Å². The molecule has 0 atom stereocenters. The number of nitrogens with two attached hydrogens (primary N) is 1. The summed E-state index contributed by atoms with van der Waals surface area (Å²) in [5.41, 5.74) is 8.52. The molecule has 2 rings (SSSR count). The van der Waals surface area contributed by atoms with Crippen LogP contribution in [0.1, 0.15) is 9.67 Å². The van der Waals surface area contributed by atoms with Crippen molar-refractivity contribution in [3.8, 4) is 0 Å². The number of nitrogens with one attached hydrogen (secondary N) is 1. The number of rotatable bonds is 2. The fourth-order valence-corrected chi connectivity index (χ4v) is 1.65. The summed E-state index contributed by atoms with van der Waals surface area (Å²) in [5, 5.41) is 2.74. The smallest absolute Gasteiger partial charge is 0.267 e. The summed E-state index contributed by atoms with van der Waals surface area (Å²) < 4.78 is 0. The molecule has 0 saturated carbocycles. The van der Waals surface area contributed by atoms with Crippen LogP contribution in [-0.4, -0.2) is 10.9 Å². The molecule has 1 heterocycles. The minimum absolute atomic E-state index is 0.164. The summed E-state index contributed by atoms with van der Waals surface area (Å²) in [7, 11) is 0. The van der Waals surface area contributed by atoms with Gasteiger partial charge in [0.2, 0.25) is 0 Å². The van der Waals surface area contributed by atoms with E-state index in [-0.39, 0.29) is 5.91 Å². The Morgan fingerprint density at radius 2 is 2.33 bits per heavy atom. The maximum atomic E-state index is 11.6. The van der Waals surface area contributed by atoms with Gasteiger partial charge in [-0.1, -0.05) is 6.07 Å². The standard InChI is InChI=1S/C10H9N3OS/c11-7-2-1-3-8(4-7)13-10(14)9-5-12-6-15-9/h1-6H,11H2,(H,13,14). The molecule has 3 N–H and O–H groups in total. The Labute approximate surface area is 90.8 Å². The lowest BCUT2D eigenvalue weighted by atomic mass is 10.3. The number of hydrogen-bond donors (Lipinski definition) is 2. The highest BCUT2D eigenvalue weighted by atomic mass is 32.1. The molecule has 0 saturated heterocycles. The average Bonchev–Trinajstić information content (AvgIpc) is 2.70. The third-order valence-corrected chi connectivity index (χ3v) is 2.57. The van der Waals surface area contributed by atoms with Crippen molar-refractivity contribution in [1.29, 1.82) is 0 Å². The van der Waals surface area contributed by atoms with Gasteiger partial charge in [-0.3, -0.25) is 9.78 Å². The third kappa shape index (κ3) is 2.32. The van der Waals surface area contributed by atoms with Gasteiger partial charge in [-0.05, 0) is 18.2 Å². The van der Waals surface area contributed by atoms with Crippen LogP contribution in [0.4, 0.5) is 11.4 Å². The fraction of sp³-hybridized carbons (Fsp3) is 0. The van der Waals surface area contributed by atoms with Gasteiger partial charge in [-0.15, -0.1) is 11.3 Å². The molecule has 0 fully saturated rings. The van der Waals surface area contributed by atoms with Crippen LogP contribution in [0.2, 0.25) is 0 Å². The minimum atomic E-state index is -0.164. The van der Waals surface area contributed by atoms with E-state index in [0.29, 0.717) is 16.3 Å². The molecule has 0 aliphatic carbocycles. The van der Waals surface area contributed by atoms with E-state index in [1.807, 2.05) is 0 Å². The zero-order valence-corrected chi connectivity index (χ0v) is 8.62. The molecule has 0 unspecified atom stereocenters. The van der Waals surface area contributed by atoms with Crippen molar-refractivity contribution in [2.75, 3.05) is 11.1 Å². The van der Waals surface area contributed by atoms with E-state index in [0.717, 1.165) is 0 Å². The number of carbonyl (C=O) groups is 1. The number of anilines is 2. The van der Waals surface area contributed by atoms with Crippen molar-refractivity contribution in [2.24, 2.45) is 0 Å². The molecule has 5 heteroatoms. The van der Waals surface area contributed by atoms with Crippen LogP contribution in [0.15, 0.2) is 36.0 Å². The number of nitrogens with zero attached hydrogens (tertiary/aromatic N) is 1. The van der Waals surface area contributed by atoms with E-state index < -0.39 is 0 Å². The lowest BCUT2D eigenvalue weighted by molar-refractivity contribution is 0.103. The van der Waals surface area contributed by atoms with Crippen LogP contribution in [0.25, 0.3) is 0 Å². The minimum Gasteiger partial charge on any atom is -0.399 e. The molecule has 2 aromatic rings. The molecule has 1 amide bonds. The van der Waals surface area contributed by atoms with Crippen molar-refractivity contribution in [3.05, 3.63) is 40.8 Å². The van der Waals surface area contributed by atoms with Crippen molar-refractivity contribution >= 4 is 28.6 Å². The van der Waals surface area contributed by atoms with Gasteiger partial charge in [0, 0.05) is 11.4 Å².